The zero-order valence-electron chi connectivity index (χ0n) is 30.4. The van der Waals surface area contributed by atoms with Gasteiger partial charge in [-0.05, 0) is 68.3 Å². The van der Waals surface area contributed by atoms with Gasteiger partial charge in [-0.3, -0.25) is 9.59 Å². The number of carbonyl (C=O) groups excluding carboxylic acids is 2. The predicted molar refractivity (Wildman–Crippen MR) is 190 cm³/mol. The van der Waals surface area contributed by atoms with E-state index in [1.807, 2.05) is 0 Å². The van der Waals surface area contributed by atoms with Gasteiger partial charge >= 0.3 is 29.6 Å². The number of halogens is 3. The molecule has 0 unspecified atom stereocenters. The molecule has 3 heterocycles. The van der Waals surface area contributed by atoms with Crippen molar-refractivity contribution in [3.8, 4) is 0 Å². The second kappa shape index (κ2) is 17.0. The molecule has 272 valence electrons. The third-order valence-electron chi connectivity index (χ3n) is 7.94. The molecule has 0 spiro atoms. The largest absolute Gasteiger partial charge is 1.00 e. The Hall–Kier alpha value is -5.59. The Morgan fingerprint density at radius 3 is 2.11 bits per heavy atom. The second-order valence-corrected chi connectivity index (χ2v) is 12.2. The van der Waals surface area contributed by atoms with Gasteiger partial charge in [0, 0.05) is 29.6 Å². The molecule has 0 bridgehead atoms. The average Bonchev–Trinajstić information content (AvgIpc) is 3.52. The van der Waals surface area contributed by atoms with Crippen molar-refractivity contribution >= 4 is 56.6 Å². The topological polar surface area (TPSA) is 166 Å². The Morgan fingerprint density at radius 2 is 1.54 bits per heavy atom. The van der Waals surface area contributed by atoms with Gasteiger partial charge in [-0.15, -0.1) is 0 Å². The number of carbonyl (C=O) groups is 2. The van der Waals surface area contributed by atoms with E-state index in [-0.39, 0.29) is 44.1 Å². The summed E-state index contributed by atoms with van der Waals surface area (Å²) in [6.07, 6.45) is 2.85. The number of imidazole rings is 2. The minimum Gasteiger partial charge on any atom is -1.00 e. The molecule has 4 aromatic carbocycles. The first-order valence-electron chi connectivity index (χ1n) is 15.7. The molecule has 17 heteroatoms. The van der Waals surface area contributed by atoms with Crippen molar-refractivity contribution in [2.75, 3.05) is 17.2 Å². The van der Waals surface area contributed by atoms with Gasteiger partial charge in [0.1, 0.15) is 12.4 Å². The summed E-state index contributed by atoms with van der Waals surface area (Å²) in [5, 5.41) is 25.1. The summed E-state index contributed by atoms with van der Waals surface area (Å²) >= 11 is 0. The number of hydrogen-bond donors (Lipinski definition) is 5. The maximum atomic E-state index is 13.3. The molecule has 1 saturated heterocycles. The Morgan fingerprint density at radius 1 is 0.944 bits per heavy atom. The van der Waals surface area contributed by atoms with E-state index in [4.69, 9.17) is 13.1 Å². The Labute approximate surface area is 330 Å². The van der Waals surface area contributed by atoms with E-state index >= 15 is 0 Å². The van der Waals surface area contributed by atoms with Gasteiger partial charge in [-0.2, -0.15) is 0 Å². The molecule has 6 aromatic rings. The number of aromatic amines is 1. The van der Waals surface area contributed by atoms with Crippen LogP contribution in [0.2, 0.25) is 0 Å². The van der Waals surface area contributed by atoms with E-state index in [0.29, 0.717) is 44.8 Å². The SMILES string of the molecule is Fc1cc2nc[nH]c2cc1F.[C-]#[N+]c1ccc(NC(=O)[C@@](C)(O)Cn2cnc3cc(F)ccc32)cc1C.[C-]#[N+]c1ccc(NC(=O)[C@]2(O)CO2)cc1C.[H-].[Na+]. The molecule has 7 rings (SSSR count). The molecule has 2 atom stereocenters. The maximum absolute atomic E-state index is 13.3. The van der Waals surface area contributed by atoms with E-state index in [1.54, 1.807) is 60.9 Å². The molecule has 54 heavy (non-hydrogen) atoms. The summed E-state index contributed by atoms with van der Waals surface area (Å²) in [5.74, 6) is -4.96. The summed E-state index contributed by atoms with van der Waals surface area (Å²) in [4.78, 5) is 41.1. The van der Waals surface area contributed by atoms with Crippen LogP contribution in [0.15, 0.2) is 79.4 Å². The monoisotopic (exact) mass is 748 g/mol. The van der Waals surface area contributed by atoms with Crippen LogP contribution in [0.1, 0.15) is 19.5 Å². The number of H-pyrrole nitrogens is 1. The van der Waals surface area contributed by atoms with Gasteiger partial charge in [0.15, 0.2) is 28.6 Å². The molecule has 0 aliphatic carbocycles. The number of amides is 2. The van der Waals surface area contributed by atoms with Gasteiger partial charge in [-0.1, -0.05) is 12.1 Å². The van der Waals surface area contributed by atoms with E-state index in [2.05, 4.69) is 40.0 Å². The normalized spacial score (nSPS) is 15.1. The number of aromatic nitrogens is 4. The number of nitrogens with zero attached hydrogens (tertiary/aromatic N) is 5. The Balaban J connectivity index is 0.000000239. The number of aliphatic hydroxyl groups is 2. The molecular weight excluding hydrogens is 716 g/mol. The molecule has 2 amide bonds. The molecule has 1 aliphatic heterocycles. The fraction of sp³-hybridized carbons (Fsp3) is 0.189. The first-order valence-corrected chi connectivity index (χ1v) is 15.7. The van der Waals surface area contributed by atoms with Crippen LogP contribution in [-0.4, -0.2) is 59.5 Å². The quantitative estimate of drug-likeness (QED) is 0.0987. The van der Waals surface area contributed by atoms with Crippen LogP contribution in [0.3, 0.4) is 0 Å². The number of aryl methyl sites for hydroxylation is 2. The van der Waals surface area contributed by atoms with Gasteiger partial charge in [0.25, 0.3) is 17.6 Å². The van der Waals surface area contributed by atoms with Crippen LogP contribution in [-0.2, 0) is 20.9 Å². The molecule has 2 aromatic heterocycles. The van der Waals surface area contributed by atoms with Crippen molar-refractivity contribution in [1.82, 2.24) is 19.5 Å². The van der Waals surface area contributed by atoms with Crippen molar-refractivity contribution in [2.45, 2.75) is 38.7 Å². The van der Waals surface area contributed by atoms with E-state index in [9.17, 15) is 33.0 Å². The fourth-order valence-electron chi connectivity index (χ4n) is 4.91. The molecule has 0 radical (unpaired) electrons. The van der Waals surface area contributed by atoms with Gasteiger partial charge < -0.3 is 36.6 Å². The van der Waals surface area contributed by atoms with Gasteiger partial charge in [0.05, 0.1) is 54.4 Å². The predicted octanol–water partition coefficient (Wildman–Crippen LogP) is 3.59. The van der Waals surface area contributed by atoms with E-state index in [0.717, 1.165) is 23.3 Å². The number of epoxide rings is 1. The number of ether oxygens (including phenoxy) is 1. The fourth-order valence-corrected chi connectivity index (χ4v) is 4.91. The van der Waals surface area contributed by atoms with Crippen molar-refractivity contribution in [2.24, 2.45) is 0 Å². The van der Waals surface area contributed by atoms with Crippen molar-refractivity contribution in [3.05, 3.63) is 131 Å². The van der Waals surface area contributed by atoms with Crippen LogP contribution >= 0.6 is 0 Å². The summed E-state index contributed by atoms with van der Waals surface area (Å²) in [6.45, 7) is 18.9. The Bertz CT molecular complexity index is 2400. The number of nitrogens with one attached hydrogen (secondary N) is 3. The number of hydrogen-bond acceptors (Lipinski definition) is 7. The molecule has 0 saturated carbocycles. The number of anilines is 2. The van der Waals surface area contributed by atoms with Gasteiger partial charge in [-0.25, -0.2) is 32.8 Å². The van der Waals surface area contributed by atoms with Crippen molar-refractivity contribution in [3.63, 3.8) is 0 Å². The zero-order valence-corrected chi connectivity index (χ0v) is 31.4. The van der Waals surface area contributed by atoms with Crippen LogP contribution in [0.5, 0.6) is 0 Å². The maximum Gasteiger partial charge on any atom is 1.00 e. The first-order chi connectivity index (χ1) is 25.1. The van der Waals surface area contributed by atoms with Crippen LogP contribution in [0.4, 0.5) is 35.9 Å². The molecule has 5 N–H and O–H groups in total. The first kappa shape index (κ1) is 41.2. The summed E-state index contributed by atoms with van der Waals surface area (Å²) < 4.78 is 44.5. The Kier molecular flexibility index (Phi) is 13.0. The second-order valence-electron chi connectivity index (χ2n) is 12.2. The molecule has 13 nitrogen and oxygen atoms in total. The minimum atomic E-state index is -1.71. The van der Waals surface area contributed by atoms with Crippen LogP contribution in [0.25, 0.3) is 31.8 Å². The average molecular weight is 749 g/mol. The van der Waals surface area contributed by atoms with Crippen molar-refractivity contribution < 1.29 is 68.7 Å². The standard InChI is InChI=1S/C19H17FN4O2.C11H10N2O3.C7H4F2N2.Na.H/c1-12-8-14(5-6-15(12)21-3)23-18(25)19(2,26)10-24-11-22-16-9-13(20)4-7-17(16)24;1-7-5-8(3-4-9(7)12-2)13-10(14)11(15)6-16-11;8-4-1-6-7(2-5(4)9)11-3-10-6;;/h4-9,11,26H,10H2,1-2H3,(H,23,25);3-5,15H,6H2,1H3,(H,13,14);1-3H,(H,10,11);;/q;;;+1;-1/t19-;11-;;;/m00.../s1. The van der Waals surface area contributed by atoms with Gasteiger partial charge in [0.2, 0.25) is 0 Å². The number of rotatable bonds is 6. The smallest absolute Gasteiger partial charge is 1.00 e. The van der Waals surface area contributed by atoms with Crippen LogP contribution in [0, 0.1) is 44.4 Å². The summed E-state index contributed by atoms with van der Waals surface area (Å²) in [6, 6.07) is 16.1. The molecular formula is C37H32F3N8NaO5. The minimum absolute atomic E-state index is 0. The van der Waals surface area contributed by atoms with E-state index < -0.39 is 40.7 Å². The number of benzene rings is 4. The third kappa shape index (κ3) is 9.88. The van der Waals surface area contributed by atoms with E-state index in [1.165, 1.54) is 31.7 Å². The van der Waals surface area contributed by atoms with Crippen LogP contribution < -0.4 is 40.2 Å². The molecule has 1 aliphatic rings. The summed E-state index contributed by atoms with van der Waals surface area (Å²) in [7, 11) is 0. The molecule has 1 fully saturated rings. The van der Waals surface area contributed by atoms with Crippen molar-refractivity contribution in [1.29, 1.82) is 0 Å². The number of fused-ring (bicyclic) bond motifs is 2. The summed E-state index contributed by atoms with van der Waals surface area (Å²) in [5.41, 5.74) is 3.89. The third-order valence-corrected chi connectivity index (χ3v) is 7.94. The zero-order chi connectivity index (χ0) is 38.5.